The lowest BCUT2D eigenvalue weighted by molar-refractivity contribution is -0.149. The van der Waals surface area contributed by atoms with E-state index >= 15 is 0 Å². The van der Waals surface area contributed by atoms with Crippen LogP contribution in [0.3, 0.4) is 0 Å². The lowest BCUT2D eigenvalue weighted by Crippen LogP contribution is -2.52. The van der Waals surface area contributed by atoms with Gasteiger partial charge in [0.25, 0.3) is 5.91 Å². The number of nitrogens with one attached hydrogen (secondary N) is 2. The summed E-state index contributed by atoms with van der Waals surface area (Å²) in [5.74, 6) is -0.617. The van der Waals surface area contributed by atoms with Crippen molar-refractivity contribution >= 4 is 52.2 Å². The van der Waals surface area contributed by atoms with Gasteiger partial charge in [0.1, 0.15) is 11.4 Å². The topological polar surface area (TPSA) is 131 Å². The third kappa shape index (κ3) is 6.77. The van der Waals surface area contributed by atoms with Gasteiger partial charge in [-0.25, -0.2) is 0 Å². The van der Waals surface area contributed by atoms with Gasteiger partial charge in [-0.1, -0.05) is 60.7 Å². The van der Waals surface area contributed by atoms with E-state index in [1.54, 1.807) is 19.1 Å². The minimum atomic E-state index is -1.22. The quantitative estimate of drug-likeness (QED) is 0.130. The predicted molar refractivity (Wildman–Crippen MR) is 155 cm³/mol. The number of hydrogen-bond acceptors (Lipinski definition) is 6. The number of carbonyl (C=O) groups excluding carboxylic acids is 2. The molecule has 3 aromatic carbocycles. The zero-order valence-corrected chi connectivity index (χ0v) is 22.7. The molecule has 0 aliphatic rings. The molecule has 0 saturated heterocycles. The molecule has 198 valence electrons. The summed E-state index contributed by atoms with van der Waals surface area (Å²) in [6.45, 7) is 2.37. The van der Waals surface area contributed by atoms with Gasteiger partial charge >= 0.3 is 5.97 Å². The number of carbonyl (C=O) groups is 2. The number of rotatable bonds is 10. The molecule has 0 bridgehead atoms. The SMILES string of the molecule is CCOC(=O)C(N)(Cc1ccccc1)Cc1ccc2c(C(=O)NCc3ccc(C(=N)N)s3)cccc2c1.Cl. The van der Waals surface area contributed by atoms with Gasteiger partial charge in [0, 0.05) is 23.3 Å². The summed E-state index contributed by atoms with van der Waals surface area (Å²) >= 11 is 1.38. The number of amides is 1. The third-order valence-electron chi connectivity index (χ3n) is 6.10. The van der Waals surface area contributed by atoms with Gasteiger partial charge in [-0.2, -0.15) is 0 Å². The molecule has 4 rings (SSSR count). The monoisotopic (exact) mass is 550 g/mol. The number of nitrogen functional groups attached to an aromatic ring is 1. The summed E-state index contributed by atoms with van der Waals surface area (Å²) in [6, 6.07) is 24.6. The van der Waals surface area contributed by atoms with Crippen LogP contribution in [-0.4, -0.2) is 29.9 Å². The smallest absolute Gasteiger partial charge is 0.326 e. The highest BCUT2D eigenvalue weighted by Gasteiger charge is 2.36. The molecule has 1 atom stereocenters. The molecule has 1 unspecified atom stereocenters. The third-order valence-corrected chi connectivity index (χ3v) is 7.22. The van der Waals surface area contributed by atoms with E-state index in [1.165, 1.54) is 11.3 Å². The minimum Gasteiger partial charge on any atom is -0.465 e. The number of amidine groups is 1. The van der Waals surface area contributed by atoms with Crippen molar-refractivity contribution < 1.29 is 14.3 Å². The van der Waals surface area contributed by atoms with E-state index in [0.717, 1.165) is 26.8 Å². The lowest BCUT2D eigenvalue weighted by Gasteiger charge is -2.27. The summed E-state index contributed by atoms with van der Waals surface area (Å²) in [5.41, 5.74) is 13.4. The Morgan fingerprint density at radius 3 is 2.39 bits per heavy atom. The number of thiophene rings is 1. The number of ether oxygens (including phenoxy) is 1. The van der Waals surface area contributed by atoms with E-state index in [0.29, 0.717) is 29.8 Å². The van der Waals surface area contributed by atoms with Gasteiger partial charge in [-0.05, 0) is 47.0 Å². The number of nitrogens with two attached hydrogens (primary N) is 2. The van der Waals surface area contributed by atoms with Crippen LogP contribution in [0.15, 0.2) is 78.9 Å². The average Bonchev–Trinajstić information content (AvgIpc) is 3.37. The molecule has 1 heterocycles. The number of benzene rings is 3. The van der Waals surface area contributed by atoms with Crippen LogP contribution in [0, 0.1) is 5.41 Å². The van der Waals surface area contributed by atoms with Crippen LogP contribution < -0.4 is 16.8 Å². The molecule has 0 aliphatic heterocycles. The Labute approximate surface area is 232 Å². The van der Waals surface area contributed by atoms with Crippen molar-refractivity contribution in [2.45, 2.75) is 31.8 Å². The van der Waals surface area contributed by atoms with Gasteiger partial charge in [-0.15, -0.1) is 23.7 Å². The summed E-state index contributed by atoms with van der Waals surface area (Å²) < 4.78 is 5.33. The van der Waals surface area contributed by atoms with Gasteiger partial charge in [-0.3, -0.25) is 15.0 Å². The first-order chi connectivity index (χ1) is 17.8. The molecule has 0 saturated carbocycles. The van der Waals surface area contributed by atoms with Crippen LogP contribution in [-0.2, 0) is 28.9 Å². The minimum absolute atomic E-state index is 0. The molecule has 0 fully saturated rings. The predicted octanol–water partition coefficient (Wildman–Crippen LogP) is 4.58. The second kappa shape index (κ2) is 12.7. The number of esters is 1. The Morgan fingerprint density at radius 2 is 1.71 bits per heavy atom. The fraction of sp³-hybridized carbons (Fsp3) is 0.207. The van der Waals surface area contributed by atoms with Crippen molar-refractivity contribution in [3.05, 3.63) is 105 Å². The highest BCUT2D eigenvalue weighted by atomic mass is 35.5. The van der Waals surface area contributed by atoms with Gasteiger partial charge < -0.3 is 21.5 Å². The van der Waals surface area contributed by atoms with E-state index in [4.69, 9.17) is 21.6 Å². The number of hydrogen-bond donors (Lipinski definition) is 4. The summed E-state index contributed by atoms with van der Waals surface area (Å²) in [7, 11) is 0. The standard InChI is InChI=1S/C29H30N4O3S.ClH/c1-2-36-28(35)29(32,16-19-7-4-3-5-8-19)17-20-11-13-23-21(15-20)9-6-10-24(23)27(34)33-18-22-12-14-25(37-22)26(30)31;/h3-15H,2,16-18,32H2,1H3,(H3,30,31)(H,33,34);1H. The van der Waals surface area contributed by atoms with Crippen LogP contribution in [0.2, 0.25) is 0 Å². The number of halogens is 1. The molecule has 6 N–H and O–H groups in total. The molecular formula is C29H31ClN4O3S. The van der Waals surface area contributed by atoms with Crippen LogP contribution in [0.25, 0.3) is 10.8 Å². The van der Waals surface area contributed by atoms with Gasteiger partial charge in [0.15, 0.2) is 0 Å². The zero-order valence-electron chi connectivity index (χ0n) is 21.0. The van der Waals surface area contributed by atoms with Crippen molar-refractivity contribution in [1.29, 1.82) is 5.41 Å². The van der Waals surface area contributed by atoms with Crippen LogP contribution in [0.1, 0.15) is 38.2 Å². The van der Waals surface area contributed by atoms with Crippen molar-refractivity contribution in [2.75, 3.05) is 6.61 Å². The molecule has 38 heavy (non-hydrogen) atoms. The Morgan fingerprint density at radius 1 is 0.974 bits per heavy atom. The fourth-order valence-electron chi connectivity index (χ4n) is 4.33. The Balaban J connectivity index is 0.00000400. The zero-order chi connectivity index (χ0) is 26.4. The maximum Gasteiger partial charge on any atom is 0.326 e. The van der Waals surface area contributed by atoms with Crippen molar-refractivity contribution in [1.82, 2.24) is 5.32 Å². The second-order valence-corrected chi connectivity index (χ2v) is 10.1. The lowest BCUT2D eigenvalue weighted by atomic mass is 9.85. The summed E-state index contributed by atoms with van der Waals surface area (Å²) in [5, 5.41) is 12.2. The van der Waals surface area contributed by atoms with E-state index in [1.807, 2.05) is 66.7 Å². The Kier molecular flexibility index (Phi) is 9.63. The van der Waals surface area contributed by atoms with Crippen LogP contribution in [0.4, 0.5) is 0 Å². The van der Waals surface area contributed by atoms with E-state index in [9.17, 15) is 9.59 Å². The highest BCUT2D eigenvalue weighted by Crippen LogP contribution is 2.25. The molecule has 1 amide bonds. The van der Waals surface area contributed by atoms with E-state index in [-0.39, 0.29) is 30.8 Å². The molecular weight excluding hydrogens is 520 g/mol. The van der Waals surface area contributed by atoms with Crippen LogP contribution >= 0.6 is 23.7 Å². The number of fused-ring (bicyclic) bond motifs is 1. The van der Waals surface area contributed by atoms with Crippen LogP contribution in [0.5, 0.6) is 0 Å². The highest BCUT2D eigenvalue weighted by molar-refractivity contribution is 7.14. The first-order valence-electron chi connectivity index (χ1n) is 12.0. The first-order valence-corrected chi connectivity index (χ1v) is 12.8. The molecule has 1 aromatic heterocycles. The van der Waals surface area contributed by atoms with Gasteiger partial charge in [0.05, 0.1) is 18.0 Å². The second-order valence-electron chi connectivity index (χ2n) is 8.94. The Hall–Kier alpha value is -3.72. The molecule has 9 heteroatoms. The Bertz CT molecular complexity index is 1440. The van der Waals surface area contributed by atoms with Gasteiger partial charge in [0.2, 0.25) is 0 Å². The van der Waals surface area contributed by atoms with E-state index in [2.05, 4.69) is 5.32 Å². The van der Waals surface area contributed by atoms with Crippen molar-refractivity contribution in [2.24, 2.45) is 11.5 Å². The molecule has 7 nitrogen and oxygen atoms in total. The summed E-state index contributed by atoms with van der Waals surface area (Å²) in [6.07, 6.45) is 0.644. The van der Waals surface area contributed by atoms with Crippen molar-refractivity contribution in [3.63, 3.8) is 0 Å². The first kappa shape index (κ1) is 28.8. The molecule has 0 radical (unpaired) electrons. The van der Waals surface area contributed by atoms with E-state index < -0.39 is 11.5 Å². The summed E-state index contributed by atoms with van der Waals surface area (Å²) in [4.78, 5) is 27.5. The fourth-order valence-corrected chi connectivity index (χ4v) is 5.14. The largest absolute Gasteiger partial charge is 0.465 e. The maximum absolute atomic E-state index is 13.0. The average molecular weight is 551 g/mol. The molecule has 0 aliphatic carbocycles. The normalized spacial score (nSPS) is 12.3. The van der Waals surface area contributed by atoms with Crippen molar-refractivity contribution in [3.8, 4) is 0 Å². The molecule has 0 spiro atoms. The molecule has 4 aromatic rings. The maximum atomic E-state index is 13.0.